The number of quaternary nitrogens is 1. The van der Waals surface area contributed by atoms with Gasteiger partial charge in [-0.25, -0.2) is 0 Å². The minimum Gasteiger partial charge on any atom is -0.309 e. The summed E-state index contributed by atoms with van der Waals surface area (Å²) in [7, 11) is 0. The molecule has 2 aliphatic rings. The molecule has 58 valence electrons. The molecule has 0 aromatic carbocycles. The second kappa shape index (κ2) is 2.21. The van der Waals surface area contributed by atoms with Gasteiger partial charge in [-0.2, -0.15) is 0 Å². The first kappa shape index (κ1) is 6.62. The average molecular weight is 141 g/mol. The summed E-state index contributed by atoms with van der Waals surface area (Å²) in [5.74, 6) is 1.04. The van der Waals surface area contributed by atoms with Gasteiger partial charge in [0.05, 0.1) is 25.6 Å². The van der Waals surface area contributed by atoms with Crippen LogP contribution in [0.4, 0.5) is 0 Å². The molecule has 0 aromatic heterocycles. The van der Waals surface area contributed by atoms with E-state index in [4.69, 9.17) is 0 Å². The number of nitrogens with one attached hydrogen (secondary N) is 1. The predicted molar refractivity (Wildman–Crippen MR) is 41.5 cm³/mol. The summed E-state index contributed by atoms with van der Waals surface area (Å²) in [6.07, 6.45) is 1.39. The van der Waals surface area contributed by atoms with Crippen LogP contribution in [0.2, 0.25) is 0 Å². The van der Waals surface area contributed by atoms with Crippen molar-refractivity contribution in [3.05, 3.63) is 0 Å². The zero-order chi connectivity index (χ0) is 7.03. The summed E-state index contributed by atoms with van der Waals surface area (Å²) in [5, 5.41) is 3.43. The van der Waals surface area contributed by atoms with Crippen molar-refractivity contribution in [3.63, 3.8) is 0 Å². The van der Waals surface area contributed by atoms with E-state index in [1.807, 2.05) is 0 Å². The fraction of sp³-hybridized carbons (Fsp3) is 1.00. The van der Waals surface area contributed by atoms with Gasteiger partial charge in [-0.3, -0.25) is 5.32 Å². The lowest BCUT2D eigenvalue weighted by Crippen LogP contribution is -2.62. The van der Waals surface area contributed by atoms with Gasteiger partial charge in [0.2, 0.25) is 0 Å². The van der Waals surface area contributed by atoms with Crippen molar-refractivity contribution in [1.82, 2.24) is 5.32 Å². The Morgan fingerprint density at radius 3 is 2.80 bits per heavy atom. The van der Waals surface area contributed by atoms with Crippen LogP contribution in [0, 0.1) is 5.92 Å². The molecule has 0 aromatic rings. The molecule has 0 bridgehead atoms. The average Bonchev–Trinajstić information content (AvgIpc) is 2.30. The predicted octanol–water partition coefficient (Wildman–Crippen LogP) is 0.404. The second-order valence-corrected chi connectivity index (χ2v) is 3.86. The highest BCUT2D eigenvalue weighted by molar-refractivity contribution is 4.70. The van der Waals surface area contributed by atoms with Crippen LogP contribution in [0.15, 0.2) is 0 Å². The molecule has 2 heteroatoms. The fourth-order valence-electron chi connectivity index (χ4n) is 2.32. The van der Waals surface area contributed by atoms with Crippen molar-refractivity contribution in [2.75, 3.05) is 32.8 Å². The van der Waals surface area contributed by atoms with Crippen molar-refractivity contribution in [2.24, 2.45) is 5.92 Å². The summed E-state index contributed by atoms with van der Waals surface area (Å²) in [6, 6.07) is 0. The molecular weight excluding hydrogens is 124 g/mol. The van der Waals surface area contributed by atoms with Gasteiger partial charge in [-0.05, 0) is 6.42 Å². The smallest absolute Gasteiger partial charge is 0.132 e. The van der Waals surface area contributed by atoms with Gasteiger partial charge in [0.15, 0.2) is 0 Å². The highest BCUT2D eigenvalue weighted by atomic mass is 15.5. The van der Waals surface area contributed by atoms with Gasteiger partial charge >= 0.3 is 0 Å². The molecule has 0 radical (unpaired) electrons. The summed E-state index contributed by atoms with van der Waals surface area (Å²) in [4.78, 5) is 0. The standard InChI is InChI=1S/C8H17N2/c1-2-8-5-10(6-8)4-3-9-7-10/h8-9H,2-7H2,1H3/q+1. The molecule has 2 rings (SSSR count). The summed E-state index contributed by atoms with van der Waals surface area (Å²) < 4.78 is 1.39. The normalized spacial score (nSPS) is 45.9. The number of nitrogens with zero attached hydrogens (tertiary/aromatic N) is 1. The molecule has 2 saturated heterocycles. The highest BCUT2D eigenvalue weighted by Crippen LogP contribution is 2.28. The molecule has 2 aliphatic heterocycles. The van der Waals surface area contributed by atoms with Crippen LogP contribution < -0.4 is 5.32 Å². The molecular formula is C8H17N2+. The van der Waals surface area contributed by atoms with E-state index in [0.29, 0.717) is 0 Å². The van der Waals surface area contributed by atoms with Crippen molar-refractivity contribution in [1.29, 1.82) is 0 Å². The summed E-state index contributed by atoms with van der Waals surface area (Å²) in [5.41, 5.74) is 0. The minimum atomic E-state index is 1.04. The van der Waals surface area contributed by atoms with Crippen LogP contribution in [0.1, 0.15) is 13.3 Å². The van der Waals surface area contributed by atoms with E-state index < -0.39 is 0 Å². The summed E-state index contributed by atoms with van der Waals surface area (Å²) >= 11 is 0. The second-order valence-electron chi connectivity index (χ2n) is 3.86. The van der Waals surface area contributed by atoms with Gasteiger partial charge in [-0.15, -0.1) is 0 Å². The molecule has 2 fully saturated rings. The molecule has 1 N–H and O–H groups in total. The molecule has 2 heterocycles. The third-order valence-corrected chi connectivity index (χ3v) is 3.08. The Balaban J connectivity index is 1.86. The first-order chi connectivity index (χ1) is 4.85. The van der Waals surface area contributed by atoms with Gasteiger partial charge in [0.1, 0.15) is 6.67 Å². The van der Waals surface area contributed by atoms with E-state index >= 15 is 0 Å². The van der Waals surface area contributed by atoms with Crippen LogP contribution >= 0.6 is 0 Å². The molecule has 0 saturated carbocycles. The van der Waals surface area contributed by atoms with Crippen molar-refractivity contribution >= 4 is 0 Å². The zero-order valence-corrected chi connectivity index (χ0v) is 6.77. The first-order valence-corrected chi connectivity index (χ1v) is 4.40. The Hall–Kier alpha value is -0.0800. The monoisotopic (exact) mass is 141 g/mol. The molecule has 1 spiro atoms. The maximum absolute atomic E-state index is 3.43. The minimum absolute atomic E-state index is 1.04. The lowest BCUT2D eigenvalue weighted by molar-refractivity contribution is -0.963. The van der Waals surface area contributed by atoms with E-state index in [0.717, 1.165) is 5.92 Å². The molecule has 0 atom stereocenters. The molecule has 10 heavy (non-hydrogen) atoms. The van der Waals surface area contributed by atoms with E-state index in [2.05, 4.69) is 12.2 Å². The Morgan fingerprint density at radius 2 is 2.30 bits per heavy atom. The van der Waals surface area contributed by atoms with E-state index in [9.17, 15) is 0 Å². The summed E-state index contributed by atoms with van der Waals surface area (Å²) in [6.45, 7) is 9.08. The maximum atomic E-state index is 3.43. The quantitative estimate of drug-likeness (QED) is 0.521. The number of hydrogen-bond donors (Lipinski definition) is 1. The Morgan fingerprint density at radius 1 is 1.50 bits per heavy atom. The Labute approximate surface area is 62.8 Å². The van der Waals surface area contributed by atoms with Gasteiger partial charge < -0.3 is 4.48 Å². The zero-order valence-electron chi connectivity index (χ0n) is 6.77. The van der Waals surface area contributed by atoms with Crippen LogP contribution in [0.3, 0.4) is 0 Å². The number of hydrogen-bond acceptors (Lipinski definition) is 1. The van der Waals surface area contributed by atoms with Crippen LogP contribution in [0.5, 0.6) is 0 Å². The first-order valence-electron chi connectivity index (χ1n) is 4.40. The molecule has 0 unspecified atom stereocenters. The van der Waals surface area contributed by atoms with Crippen LogP contribution in [0.25, 0.3) is 0 Å². The number of rotatable bonds is 1. The largest absolute Gasteiger partial charge is 0.309 e. The molecule has 2 nitrogen and oxygen atoms in total. The third kappa shape index (κ3) is 0.867. The lowest BCUT2D eigenvalue weighted by Gasteiger charge is -2.46. The van der Waals surface area contributed by atoms with Crippen molar-refractivity contribution in [3.8, 4) is 0 Å². The SMILES string of the molecule is CCC1C[N+]2(CCNC2)C1. The van der Waals surface area contributed by atoms with Crippen molar-refractivity contribution < 1.29 is 4.48 Å². The molecule has 0 amide bonds. The van der Waals surface area contributed by atoms with Gasteiger partial charge in [0, 0.05) is 6.54 Å². The van der Waals surface area contributed by atoms with Gasteiger partial charge in [0.25, 0.3) is 0 Å². The van der Waals surface area contributed by atoms with Crippen LogP contribution in [-0.4, -0.2) is 37.3 Å². The third-order valence-electron chi connectivity index (χ3n) is 3.08. The van der Waals surface area contributed by atoms with Crippen LogP contribution in [-0.2, 0) is 0 Å². The van der Waals surface area contributed by atoms with Crippen molar-refractivity contribution in [2.45, 2.75) is 13.3 Å². The fourth-order valence-corrected chi connectivity index (χ4v) is 2.32. The lowest BCUT2D eigenvalue weighted by atomic mass is 9.94. The maximum Gasteiger partial charge on any atom is 0.132 e. The Bertz CT molecular complexity index is 119. The topological polar surface area (TPSA) is 12.0 Å². The van der Waals surface area contributed by atoms with E-state index in [1.54, 1.807) is 0 Å². The van der Waals surface area contributed by atoms with E-state index in [-0.39, 0.29) is 0 Å². The Kier molecular flexibility index (Phi) is 1.46. The molecule has 0 aliphatic carbocycles. The van der Waals surface area contributed by atoms with Gasteiger partial charge in [-0.1, -0.05) is 6.92 Å². The van der Waals surface area contributed by atoms with E-state index in [1.165, 1.54) is 43.8 Å². The highest BCUT2D eigenvalue weighted by Gasteiger charge is 2.44.